The third kappa shape index (κ3) is 3.13. The summed E-state index contributed by atoms with van der Waals surface area (Å²) in [5, 5.41) is 2.91. The van der Waals surface area contributed by atoms with Crippen molar-refractivity contribution in [2.45, 2.75) is 20.4 Å². The molecular formula is C16H18N2O. The number of carbonyl (C=O) groups excluding carboxylic acids is 1. The predicted octanol–water partition coefficient (Wildman–Crippen LogP) is 2.82. The van der Waals surface area contributed by atoms with Gasteiger partial charge in [0.15, 0.2) is 0 Å². The topological polar surface area (TPSA) is 55.1 Å². The number of benzene rings is 2. The Morgan fingerprint density at radius 2 is 1.84 bits per heavy atom. The Morgan fingerprint density at radius 3 is 2.53 bits per heavy atom. The first-order valence-electron chi connectivity index (χ1n) is 6.27. The van der Waals surface area contributed by atoms with Gasteiger partial charge in [-0.25, -0.2) is 0 Å². The van der Waals surface area contributed by atoms with Gasteiger partial charge in [-0.2, -0.15) is 0 Å². The Kier molecular flexibility index (Phi) is 3.85. The lowest BCUT2D eigenvalue weighted by molar-refractivity contribution is 0.0951. The van der Waals surface area contributed by atoms with E-state index >= 15 is 0 Å². The van der Waals surface area contributed by atoms with Crippen LogP contribution < -0.4 is 11.1 Å². The highest BCUT2D eigenvalue weighted by atomic mass is 16.1. The Labute approximate surface area is 113 Å². The zero-order valence-electron chi connectivity index (χ0n) is 11.2. The Balaban J connectivity index is 2.05. The standard InChI is InChI=1S/C16H18N2O/c1-11-5-3-4-6-14(11)10-18-16(19)13-8-7-12(2)15(17)9-13/h3-9H,10,17H2,1-2H3,(H,18,19). The number of hydrogen-bond acceptors (Lipinski definition) is 2. The molecule has 0 atom stereocenters. The second kappa shape index (κ2) is 5.57. The van der Waals surface area contributed by atoms with Crippen molar-refractivity contribution in [1.29, 1.82) is 0 Å². The summed E-state index contributed by atoms with van der Waals surface area (Å²) in [7, 11) is 0. The summed E-state index contributed by atoms with van der Waals surface area (Å²) >= 11 is 0. The van der Waals surface area contributed by atoms with E-state index in [-0.39, 0.29) is 5.91 Å². The van der Waals surface area contributed by atoms with Crippen LogP contribution in [-0.2, 0) is 6.54 Å². The predicted molar refractivity (Wildman–Crippen MR) is 77.9 cm³/mol. The van der Waals surface area contributed by atoms with E-state index in [1.807, 2.05) is 44.2 Å². The first kappa shape index (κ1) is 13.1. The van der Waals surface area contributed by atoms with Gasteiger partial charge in [0.05, 0.1) is 0 Å². The molecule has 0 fully saturated rings. The van der Waals surface area contributed by atoms with Gasteiger partial charge >= 0.3 is 0 Å². The van der Waals surface area contributed by atoms with Crippen molar-refractivity contribution in [3.05, 3.63) is 64.7 Å². The monoisotopic (exact) mass is 254 g/mol. The average molecular weight is 254 g/mol. The number of rotatable bonds is 3. The summed E-state index contributed by atoms with van der Waals surface area (Å²) in [5.41, 5.74) is 10.3. The summed E-state index contributed by atoms with van der Waals surface area (Å²) < 4.78 is 0. The van der Waals surface area contributed by atoms with E-state index in [4.69, 9.17) is 5.73 Å². The number of aryl methyl sites for hydroxylation is 2. The van der Waals surface area contributed by atoms with Gasteiger partial charge in [-0.05, 0) is 42.7 Å². The summed E-state index contributed by atoms with van der Waals surface area (Å²) in [6.07, 6.45) is 0. The van der Waals surface area contributed by atoms with Crippen LogP contribution in [-0.4, -0.2) is 5.91 Å². The molecule has 0 spiro atoms. The first-order valence-corrected chi connectivity index (χ1v) is 6.27. The highest BCUT2D eigenvalue weighted by molar-refractivity contribution is 5.95. The van der Waals surface area contributed by atoms with Gasteiger partial charge in [0.1, 0.15) is 0 Å². The van der Waals surface area contributed by atoms with Crippen molar-refractivity contribution in [3.63, 3.8) is 0 Å². The van der Waals surface area contributed by atoms with Crippen molar-refractivity contribution >= 4 is 11.6 Å². The molecule has 0 saturated carbocycles. The SMILES string of the molecule is Cc1ccc(C(=O)NCc2ccccc2C)cc1N. The minimum Gasteiger partial charge on any atom is -0.398 e. The van der Waals surface area contributed by atoms with Gasteiger partial charge in [-0.15, -0.1) is 0 Å². The van der Waals surface area contributed by atoms with Crippen LogP contribution in [0.25, 0.3) is 0 Å². The fraction of sp³-hybridized carbons (Fsp3) is 0.188. The molecular weight excluding hydrogens is 236 g/mol. The highest BCUT2D eigenvalue weighted by Crippen LogP contribution is 2.13. The molecule has 2 aromatic carbocycles. The fourth-order valence-corrected chi connectivity index (χ4v) is 1.87. The van der Waals surface area contributed by atoms with E-state index < -0.39 is 0 Å². The van der Waals surface area contributed by atoms with Gasteiger partial charge < -0.3 is 11.1 Å². The smallest absolute Gasteiger partial charge is 0.251 e. The molecule has 0 unspecified atom stereocenters. The molecule has 0 aromatic heterocycles. The molecule has 3 nitrogen and oxygen atoms in total. The number of hydrogen-bond donors (Lipinski definition) is 2. The van der Waals surface area contributed by atoms with Gasteiger partial charge in [-0.3, -0.25) is 4.79 Å². The molecule has 0 heterocycles. The van der Waals surface area contributed by atoms with Gasteiger partial charge in [-0.1, -0.05) is 30.3 Å². The zero-order valence-corrected chi connectivity index (χ0v) is 11.2. The maximum atomic E-state index is 12.0. The van der Waals surface area contributed by atoms with E-state index in [2.05, 4.69) is 5.32 Å². The van der Waals surface area contributed by atoms with Gasteiger partial charge in [0.25, 0.3) is 5.91 Å². The molecule has 98 valence electrons. The van der Waals surface area contributed by atoms with Crippen molar-refractivity contribution in [3.8, 4) is 0 Å². The molecule has 0 aliphatic carbocycles. The first-order chi connectivity index (χ1) is 9.08. The maximum absolute atomic E-state index is 12.0. The number of nitrogens with two attached hydrogens (primary N) is 1. The van der Waals surface area contributed by atoms with Crippen LogP contribution in [0.3, 0.4) is 0 Å². The van der Waals surface area contributed by atoms with Gasteiger partial charge in [0.2, 0.25) is 0 Å². The largest absolute Gasteiger partial charge is 0.398 e. The second-order valence-electron chi connectivity index (χ2n) is 4.68. The number of amides is 1. The highest BCUT2D eigenvalue weighted by Gasteiger charge is 2.07. The van der Waals surface area contributed by atoms with E-state index in [1.54, 1.807) is 12.1 Å². The minimum atomic E-state index is -0.102. The van der Waals surface area contributed by atoms with Crippen molar-refractivity contribution in [2.24, 2.45) is 0 Å². The average Bonchev–Trinajstić information content (AvgIpc) is 2.40. The van der Waals surface area contributed by atoms with E-state index in [1.165, 1.54) is 5.56 Å². The molecule has 0 saturated heterocycles. The number of carbonyl (C=O) groups is 1. The Morgan fingerprint density at radius 1 is 1.11 bits per heavy atom. The van der Waals surface area contributed by atoms with E-state index in [9.17, 15) is 4.79 Å². The minimum absolute atomic E-state index is 0.102. The summed E-state index contributed by atoms with van der Waals surface area (Å²) in [6, 6.07) is 13.4. The molecule has 0 aliphatic rings. The van der Waals surface area contributed by atoms with Gasteiger partial charge in [0, 0.05) is 17.8 Å². The molecule has 3 N–H and O–H groups in total. The summed E-state index contributed by atoms with van der Waals surface area (Å²) in [4.78, 5) is 12.0. The van der Waals surface area contributed by atoms with E-state index in [0.717, 1.165) is 11.1 Å². The molecule has 1 amide bonds. The van der Waals surface area contributed by atoms with Crippen LogP contribution in [0.15, 0.2) is 42.5 Å². The number of anilines is 1. The Hall–Kier alpha value is -2.29. The molecule has 3 heteroatoms. The van der Waals surface area contributed by atoms with Crippen molar-refractivity contribution in [1.82, 2.24) is 5.32 Å². The number of nitrogens with one attached hydrogen (secondary N) is 1. The van der Waals surface area contributed by atoms with E-state index in [0.29, 0.717) is 17.8 Å². The lowest BCUT2D eigenvalue weighted by atomic mass is 10.1. The zero-order chi connectivity index (χ0) is 13.8. The van der Waals surface area contributed by atoms with Crippen LogP contribution in [0.4, 0.5) is 5.69 Å². The van der Waals surface area contributed by atoms with Crippen LogP contribution in [0.1, 0.15) is 27.0 Å². The lowest BCUT2D eigenvalue weighted by Gasteiger charge is -2.09. The van der Waals surface area contributed by atoms with Crippen LogP contribution in [0.2, 0.25) is 0 Å². The fourth-order valence-electron chi connectivity index (χ4n) is 1.87. The second-order valence-corrected chi connectivity index (χ2v) is 4.68. The third-order valence-electron chi connectivity index (χ3n) is 3.24. The number of nitrogen functional groups attached to an aromatic ring is 1. The summed E-state index contributed by atoms with van der Waals surface area (Å²) in [6.45, 7) is 4.48. The van der Waals surface area contributed by atoms with Crippen LogP contribution >= 0.6 is 0 Å². The van der Waals surface area contributed by atoms with Crippen molar-refractivity contribution in [2.75, 3.05) is 5.73 Å². The molecule has 2 rings (SSSR count). The molecule has 0 radical (unpaired) electrons. The molecule has 2 aromatic rings. The maximum Gasteiger partial charge on any atom is 0.251 e. The quantitative estimate of drug-likeness (QED) is 0.827. The normalized spacial score (nSPS) is 10.2. The van der Waals surface area contributed by atoms with Crippen LogP contribution in [0, 0.1) is 13.8 Å². The molecule has 0 bridgehead atoms. The lowest BCUT2D eigenvalue weighted by Crippen LogP contribution is -2.23. The van der Waals surface area contributed by atoms with Crippen LogP contribution in [0.5, 0.6) is 0 Å². The third-order valence-corrected chi connectivity index (χ3v) is 3.24. The van der Waals surface area contributed by atoms with Crippen molar-refractivity contribution < 1.29 is 4.79 Å². The Bertz CT molecular complexity index is 605. The molecule has 0 aliphatic heterocycles. The summed E-state index contributed by atoms with van der Waals surface area (Å²) in [5.74, 6) is -0.102. The molecule has 19 heavy (non-hydrogen) atoms.